The zero-order chi connectivity index (χ0) is 21.6. The second-order valence-corrected chi connectivity index (χ2v) is 8.80. The molecule has 2 aromatic rings. The van der Waals surface area contributed by atoms with E-state index in [0.717, 1.165) is 38.5 Å². The predicted octanol–water partition coefficient (Wildman–Crippen LogP) is 2.09. The van der Waals surface area contributed by atoms with E-state index in [4.69, 9.17) is 4.74 Å². The molecule has 0 spiro atoms. The minimum Gasteiger partial charge on any atom is -0.497 e. The van der Waals surface area contributed by atoms with Crippen LogP contribution >= 0.6 is 0 Å². The minimum atomic E-state index is -3.67. The Balaban J connectivity index is 1.40. The number of nitrogens with one attached hydrogen (secondary N) is 1. The van der Waals surface area contributed by atoms with Crippen molar-refractivity contribution in [2.75, 3.05) is 51.3 Å². The zero-order valence-electron chi connectivity index (χ0n) is 16.9. The van der Waals surface area contributed by atoms with E-state index >= 15 is 0 Å². The van der Waals surface area contributed by atoms with Gasteiger partial charge in [0.05, 0.1) is 16.9 Å². The Bertz CT molecular complexity index is 940. The van der Waals surface area contributed by atoms with Crippen LogP contribution in [0.15, 0.2) is 53.4 Å². The lowest BCUT2D eigenvalue weighted by Gasteiger charge is -2.36. The van der Waals surface area contributed by atoms with Gasteiger partial charge in [0.2, 0.25) is 10.0 Å². The summed E-state index contributed by atoms with van der Waals surface area (Å²) in [7, 11) is -2.01. The number of piperazine rings is 1. The Labute approximate surface area is 176 Å². The van der Waals surface area contributed by atoms with E-state index in [2.05, 4.69) is 26.7 Å². The Kier molecular flexibility index (Phi) is 7.24. The molecule has 0 atom stereocenters. The van der Waals surface area contributed by atoms with Gasteiger partial charge in [-0.3, -0.25) is 15.0 Å². The van der Waals surface area contributed by atoms with Crippen LogP contribution in [0, 0.1) is 10.1 Å². The Morgan fingerprint density at radius 1 is 1.03 bits per heavy atom. The summed E-state index contributed by atoms with van der Waals surface area (Å²) in [6.07, 6.45) is 0.689. The van der Waals surface area contributed by atoms with Crippen molar-refractivity contribution < 1.29 is 18.1 Å². The molecule has 162 valence electrons. The van der Waals surface area contributed by atoms with Crippen molar-refractivity contribution in [2.45, 2.75) is 11.3 Å². The van der Waals surface area contributed by atoms with Crippen LogP contribution in [0.2, 0.25) is 0 Å². The minimum absolute atomic E-state index is 0.0289. The van der Waals surface area contributed by atoms with Crippen molar-refractivity contribution in [3.63, 3.8) is 0 Å². The second-order valence-electron chi connectivity index (χ2n) is 7.03. The Morgan fingerprint density at radius 2 is 1.67 bits per heavy atom. The molecule has 1 N–H and O–H groups in total. The maximum Gasteiger partial charge on any atom is 0.269 e. The van der Waals surface area contributed by atoms with Crippen LogP contribution in [-0.2, 0) is 10.0 Å². The summed E-state index contributed by atoms with van der Waals surface area (Å²) in [6, 6.07) is 12.9. The molecule has 0 unspecified atom stereocenters. The number of nitrogens with zero attached hydrogens (tertiary/aromatic N) is 3. The number of hydrogen-bond acceptors (Lipinski definition) is 7. The second kappa shape index (κ2) is 9.88. The predicted molar refractivity (Wildman–Crippen MR) is 115 cm³/mol. The molecule has 1 fully saturated rings. The highest BCUT2D eigenvalue weighted by atomic mass is 32.2. The topological polar surface area (TPSA) is 105 Å². The molecule has 0 aromatic heterocycles. The smallest absolute Gasteiger partial charge is 0.269 e. The lowest BCUT2D eigenvalue weighted by molar-refractivity contribution is -0.384. The van der Waals surface area contributed by atoms with Crippen LogP contribution in [0.3, 0.4) is 0 Å². The van der Waals surface area contributed by atoms with Gasteiger partial charge in [-0.25, -0.2) is 13.1 Å². The largest absolute Gasteiger partial charge is 0.497 e. The average molecular weight is 435 g/mol. The number of hydrogen-bond donors (Lipinski definition) is 1. The van der Waals surface area contributed by atoms with Gasteiger partial charge in [-0.1, -0.05) is 0 Å². The quantitative estimate of drug-likeness (QED) is 0.366. The zero-order valence-corrected chi connectivity index (χ0v) is 17.7. The van der Waals surface area contributed by atoms with Crippen molar-refractivity contribution in [3.05, 3.63) is 58.6 Å². The van der Waals surface area contributed by atoms with Gasteiger partial charge in [0.1, 0.15) is 5.75 Å². The summed E-state index contributed by atoms with van der Waals surface area (Å²) in [6.45, 7) is 4.79. The van der Waals surface area contributed by atoms with Crippen molar-refractivity contribution in [1.29, 1.82) is 0 Å². The van der Waals surface area contributed by atoms with Crippen LogP contribution in [0.1, 0.15) is 6.42 Å². The molecule has 2 aromatic carbocycles. The van der Waals surface area contributed by atoms with Crippen LogP contribution in [0.5, 0.6) is 5.75 Å². The molecule has 0 saturated carbocycles. The van der Waals surface area contributed by atoms with Gasteiger partial charge in [-0.05, 0) is 49.4 Å². The summed E-state index contributed by atoms with van der Waals surface area (Å²) in [4.78, 5) is 14.8. The third kappa shape index (κ3) is 5.68. The molecule has 1 aliphatic heterocycles. The summed E-state index contributed by atoms with van der Waals surface area (Å²) in [5.41, 5.74) is 1.04. The number of nitro benzene ring substituents is 1. The first kappa shape index (κ1) is 22.0. The molecule has 30 heavy (non-hydrogen) atoms. The number of ether oxygens (including phenoxy) is 1. The number of rotatable bonds is 9. The molecule has 9 nitrogen and oxygen atoms in total. The third-order valence-electron chi connectivity index (χ3n) is 5.11. The molecular weight excluding hydrogens is 408 g/mol. The van der Waals surface area contributed by atoms with Gasteiger partial charge in [0.15, 0.2) is 0 Å². The van der Waals surface area contributed by atoms with Gasteiger partial charge in [0, 0.05) is 50.5 Å². The molecule has 1 aliphatic rings. The van der Waals surface area contributed by atoms with E-state index in [-0.39, 0.29) is 10.6 Å². The van der Waals surface area contributed by atoms with Crippen molar-refractivity contribution in [2.24, 2.45) is 0 Å². The van der Waals surface area contributed by atoms with E-state index in [1.54, 1.807) is 7.11 Å². The summed E-state index contributed by atoms with van der Waals surface area (Å²) < 4.78 is 32.4. The van der Waals surface area contributed by atoms with Crippen LogP contribution in [-0.4, -0.2) is 64.6 Å². The molecule has 0 amide bonds. The van der Waals surface area contributed by atoms with E-state index in [0.29, 0.717) is 13.0 Å². The van der Waals surface area contributed by atoms with Gasteiger partial charge < -0.3 is 9.64 Å². The van der Waals surface area contributed by atoms with E-state index in [1.165, 1.54) is 30.0 Å². The van der Waals surface area contributed by atoms with Gasteiger partial charge in [0.25, 0.3) is 5.69 Å². The average Bonchev–Trinajstić information content (AvgIpc) is 2.77. The van der Waals surface area contributed by atoms with Crippen molar-refractivity contribution >= 4 is 21.4 Å². The number of benzene rings is 2. The first-order valence-electron chi connectivity index (χ1n) is 9.74. The number of non-ortho nitro benzene ring substituents is 1. The Hall–Kier alpha value is -2.69. The van der Waals surface area contributed by atoms with E-state index in [1.807, 2.05) is 12.1 Å². The fraction of sp³-hybridized carbons (Fsp3) is 0.400. The maximum atomic E-state index is 12.3. The fourth-order valence-electron chi connectivity index (χ4n) is 3.36. The van der Waals surface area contributed by atoms with E-state index < -0.39 is 14.9 Å². The highest BCUT2D eigenvalue weighted by Crippen LogP contribution is 2.20. The number of methoxy groups -OCH3 is 1. The van der Waals surface area contributed by atoms with Crippen molar-refractivity contribution in [3.8, 4) is 5.75 Å². The van der Waals surface area contributed by atoms with Gasteiger partial charge in [-0.2, -0.15) is 0 Å². The number of nitro groups is 1. The molecular formula is C20H26N4O5S. The van der Waals surface area contributed by atoms with Crippen LogP contribution in [0.25, 0.3) is 0 Å². The summed E-state index contributed by atoms with van der Waals surface area (Å²) in [5.74, 6) is 0.841. The number of anilines is 1. The molecule has 1 heterocycles. The molecule has 0 aliphatic carbocycles. The monoisotopic (exact) mass is 434 g/mol. The fourth-order valence-corrected chi connectivity index (χ4v) is 4.44. The normalized spacial score (nSPS) is 15.2. The van der Waals surface area contributed by atoms with Crippen molar-refractivity contribution in [1.82, 2.24) is 9.62 Å². The summed E-state index contributed by atoms with van der Waals surface area (Å²) >= 11 is 0. The molecule has 0 bridgehead atoms. The molecule has 3 rings (SSSR count). The van der Waals surface area contributed by atoms with Crippen LogP contribution < -0.4 is 14.4 Å². The first-order chi connectivity index (χ1) is 14.4. The van der Waals surface area contributed by atoms with E-state index in [9.17, 15) is 18.5 Å². The summed E-state index contributed by atoms with van der Waals surface area (Å²) in [5, 5.41) is 10.7. The highest BCUT2D eigenvalue weighted by molar-refractivity contribution is 7.89. The first-order valence-corrected chi connectivity index (χ1v) is 11.2. The Morgan fingerprint density at radius 3 is 2.23 bits per heavy atom. The molecule has 0 radical (unpaired) electrons. The number of sulfonamides is 1. The maximum absolute atomic E-state index is 12.3. The SMILES string of the molecule is COc1ccc(N2CCN(CCCNS(=O)(=O)c3ccc([N+](=O)[O-])cc3)CC2)cc1. The molecule has 1 saturated heterocycles. The standard InChI is InChI=1S/C20H26N4O5S/c1-29-19-7-3-17(4-8-19)23-15-13-22(14-16-23)12-2-11-21-30(27,28)20-9-5-18(6-10-20)24(25)26/h3-10,21H,2,11-16H2,1H3. The highest BCUT2D eigenvalue weighted by Gasteiger charge is 2.18. The third-order valence-corrected chi connectivity index (χ3v) is 6.59. The lowest BCUT2D eigenvalue weighted by atomic mass is 10.2. The van der Waals surface area contributed by atoms with Crippen LogP contribution in [0.4, 0.5) is 11.4 Å². The van der Waals surface area contributed by atoms with Gasteiger partial charge >= 0.3 is 0 Å². The van der Waals surface area contributed by atoms with Gasteiger partial charge in [-0.15, -0.1) is 0 Å². The lowest BCUT2D eigenvalue weighted by Crippen LogP contribution is -2.47. The molecule has 10 heteroatoms.